The Hall–Kier alpha value is -1.59. The van der Waals surface area contributed by atoms with Crippen LogP contribution in [0, 0.1) is 0 Å². The average molecular weight is 290 g/mol. The second-order valence-electron chi connectivity index (χ2n) is 5.74. The standard InChI is InChI=1S/C16H22N2O3/c17-12-7-8-18(10-12)16(19)14-5-1-2-6-15(14)21-11-13-4-3-9-20-13/h1-2,5-6,12-13H,3-4,7-11,17H2. The summed E-state index contributed by atoms with van der Waals surface area (Å²) in [7, 11) is 0. The molecule has 0 radical (unpaired) electrons. The highest BCUT2D eigenvalue weighted by Gasteiger charge is 2.26. The van der Waals surface area contributed by atoms with E-state index in [0.717, 1.165) is 32.4 Å². The number of amides is 1. The number of hydrogen-bond acceptors (Lipinski definition) is 4. The molecule has 0 spiro atoms. The van der Waals surface area contributed by atoms with Crippen LogP contribution in [0.5, 0.6) is 5.75 Å². The molecule has 3 rings (SSSR count). The summed E-state index contributed by atoms with van der Waals surface area (Å²) in [4.78, 5) is 14.4. The fraction of sp³-hybridized carbons (Fsp3) is 0.562. The van der Waals surface area contributed by atoms with Crippen LogP contribution < -0.4 is 10.5 Å². The van der Waals surface area contributed by atoms with Gasteiger partial charge in [-0.1, -0.05) is 12.1 Å². The summed E-state index contributed by atoms with van der Waals surface area (Å²) in [6, 6.07) is 7.50. The highest BCUT2D eigenvalue weighted by atomic mass is 16.5. The molecular weight excluding hydrogens is 268 g/mol. The van der Waals surface area contributed by atoms with Gasteiger partial charge in [0, 0.05) is 25.7 Å². The Balaban J connectivity index is 1.68. The third-order valence-corrected chi connectivity index (χ3v) is 4.08. The summed E-state index contributed by atoms with van der Waals surface area (Å²) < 4.78 is 11.4. The highest BCUT2D eigenvalue weighted by Crippen LogP contribution is 2.23. The van der Waals surface area contributed by atoms with E-state index in [0.29, 0.717) is 24.5 Å². The van der Waals surface area contributed by atoms with E-state index >= 15 is 0 Å². The third-order valence-electron chi connectivity index (χ3n) is 4.08. The van der Waals surface area contributed by atoms with E-state index in [2.05, 4.69) is 0 Å². The van der Waals surface area contributed by atoms with Gasteiger partial charge in [-0.2, -0.15) is 0 Å². The number of ether oxygens (including phenoxy) is 2. The van der Waals surface area contributed by atoms with Gasteiger partial charge in [-0.15, -0.1) is 0 Å². The quantitative estimate of drug-likeness (QED) is 0.911. The molecule has 0 aliphatic carbocycles. The Labute approximate surface area is 125 Å². The van der Waals surface area contributed by atoms with Crippen molar-refractivity contribution in [1.29, 1.82) is 0 Å². The molecule has 5 nitrogen and oxygen atoms in total. The van der Waals surface area contributed by atoms with Gasteiger partial charge in [0.15, 0.2) is 0 Å². The molecule has 1 amide bonds. The summed E-state index contributed by atoms with van der Waals surface area (Å²) in [5.41, 5.74) is 6.49. The molecule has 114 valence electrons. The van der Waals surface area contributed by atoms with Gasteiger partial charge in [0.1, 0.15) is 12.4 Å². The first-order valence-corrected chi connectivity index (χ1v) is 7.62. The molecule has 2 fully saturated rings. The lowest BCUT2D eigenvalue weighted by Crippen LogP contribution is -2.32. The van der Waals surface area contributed by atoms with Crippen molar-refractivity contribution in [2.24, 2.45) is 5.73 Å². The van der Waals surface area contributed by atoms with Gasteiger partial charge in [0.05, 0.1) is 11.7 Å². The van der Waals surface area contributed by atoms with Gasteiger partial charge in [0.25, 0.3) is 5.91 Å². The van der Waals surface area contributed by atoms with Crippen LogP contribution >= 0.6 is 0 Å². The fourth-order valence-corrected chi connectivity index (χ4v) is 2.87. The minimum atomic E-state index is 0.00545. The molecule has 0 aromatic heterocycles. The Bertz CT molecular complexity index is 500. The minimum absolute atomic E-state index is 0.00545. The molecule has 2 saturated heterocycles. The van der Waals surface area contributed by atoms with Crippen molar-refractivity contribution in [3.05, 3.63) is 29.8 Å². The lowest BCUT2D eigenvalue weighted by Gasteiger charge is -2.19. The maximum atomic E-state index is 12.6. The van der Waals surface area contributed by atoms with Gasteiger partial charge in [0.2, 0.25) is 0 Å². The van der Waals surface area contributed by atoms with E-state index in [4.69, 9.17) is 15.2 Å². The minimum Gasteiger partial charge on any atom is -0.490 e. The first-order chi connectivity index (χ1) is 10.2. The van der Waals surface area contributed by atoms with E-state index in [-0.39, 0.29) is 18.1 Å². The van der Waals surface area contributed by atoms with Crippen LogP contribution in [-0.4, -0.2) is 49.3 Å². The summed E-state index contributed by atoms with van der Waals surface area (Å²) in [5.74, 6) is 0.643. The summed E-state index contributed by atoms with van der Waals surface area (Å²) >= 11 is 0. The zero-order valence-corrected chi connectivity index (χ0v) is 12.2. The van der Waals surface area contributed by atoms with Crippen molar-refractivity contribution in [3.63, 3.8) is 0 Å². The molecule has 2 aliphatic heterocycles. The molecule has 2 aliphatic rings. The number of rotatable bonds is 4. The van der Waals surface area contributed by atoms with Crippen LogP contribution in [-0.2, 0) is 4.74 Å². The maximum absolute atomic E-state index is 12.6. The molecule has 2 unspecified atom stereocenters. The second kappa shape index (κ2) is 6.45. The molecule has 21 heavy (non-hydrogen) atoms. The van der Waals surface area contributed by atoms with Crippen LogP contribution in [0.4, 0.5) is 0 Å². The fourth-order valence-electron chi connectivity index (χ4n) is 2.87. The maximum Gasteiger partial charge on any atom is 0.257 e. The first kappa shape index (κ1) is 14.4. The molecule has 2 atom stereocenters. The SMILES string of the molecule is NC1CCN(C(=O)c2ccccc2OCC2CCCO2)C1. The molecule has 1 aromatic rings. The van der Waals surface area contributed by atoms with Crippen molar-refractivity contribution in [3.8, 4) is 5.75 Å². The van der Waals surface area contributed by atoms with Gasteiger partial charge >= 0.3 is 0 Å². The smallest absolute Gasteiger partial charge is 0.257 e. The number of nitrogens with two attached hydrogens (primary N) is 1. The second-order valence-corrected chi connectivity index (χ2v) is 5.74. The van der Waals surface area contributed by atoms with E-state index < -0.39 is 0 Å². The zero-order chi connectivity index (χ0) is 14.7. The predicted octanol–water partition coefficient (Wildman–Crippen LogP) is 1.42. The van der Waals surface area contributed by atoms with Gasteiger partial charge in [-0.25, -0.2) is 0 Å². The Kier molecular flexibility index (Phi) is 4.41. The normalized spacial score (nSPS) is 25.3. The molecule has 0 saturated carbocycles. The molecule has 2 heterocycles. The molecule has 0 bridgehead atoms. The lowest BCUT2D eigenvalue weighted by molar-refractivity contribution is 0.0657. The van der Waals surface area contributed by atoms with Crippen LogP contribution in [0.2, 0.25) is 0 Å². The number of likely N-dealkylation sites (tertiary alicyclic amines) is 1. The van der Waals surface area contributed by atoms with E-state index in [1.54, 1.807) is 4.90 Å². The number of carbonyl (C=O) groups is 1. The van der Waals surface area contributed by atoms with Crippen molar-refractivity contribution >= 4 is 5.91 Å². The summed E-state index contributed by atoms with van der Waals surface area (Å²) in [6.07, 6.45) is 3.12. The van der Waals surface area contributed by atoms with Crippen LogP contribution in [0.25, 0.3) is 0 Å². The largest absolute Gasteiger partial charge is 0.490 e. The van der Waals surface area contributed by atoms with E-state index in [1.165, 1.54) is 0 Å². The number of nitrogens with zero attached hydrogens (tertiary/aromatic N) is 1. The number of hydrogen-bond donors (Lipinski definition) is 1. The van der Waals surface area contributed by atoms with Crippen molar-refractivity contribution in [2.45, 2.75) is 31.4 Å². The summed E-state index contributed by atoms with van der Waals surface area (Å²) in [5, 5.41) is 0. The third kappa shape index (κ3) is 3.36. The Morgan fingerprint density at radius 2 is 2.24 bits per heavy atom. The number of benzene rings is 1. The number of carbonyl (C=O) groups excluding carboxylic acids is 1. The Morgan fingerprint density at radius 1 is 1.38 bits per heavy atom. The van der Waals surface area contributed by atoms with Crippen molar-refractivity contribution in [1.82, 2.24) is 4.90 Å². The average Bonchev–Trinajstić information content (AvgIpc) is 3.16. The zero-order valence-electron chi connectivity index (χ0n) is 12.2. The van der Waals surface area contributed by atoms with Crippen LogP contribution in [0.1, 0.15) is 29.6 Å². The topological polar surface area (TPSA) is 64.8 Å². The van der Waals surface area contributed by atoms with E-state index in [9.17, 15) is 4.79 Å². The van der Waals surface area contributed by atoms with Crippen molar-refractivity contribution < 1.29 is 14.3 Å². The van der Waals surface area contributed by atoms with Crippen molar-refractivity contribution in [2.75, 3.05) is 26.3 Å². The van der Waals surface area contributed by atoms with Gasteiger partial charge in [-0.3, -0.25) is 4.79 Å². The monoisotopic (exact) mass is 290 g/mol. The van der Waals surface area contributed by atoms with Crippen LogP contribution in [0.15, 0.2) is 24.3 Å². The predicted molar refractivity (Wildman–Crippen MR) is 79.4 cm³/mol. The molecule has 1 aromatic carbocycles. The first-order valence-electron chi connectivity index (χ1n) is 7.62. The Morgan fingerprint density at radius 3 is 2.95 bits per heavy atom. The van der Waals surface area contributed by atoms with Crippen LogP contribution in [0.3, 0.4) is 0 Å². The number of para-hydroxylation sites is 1. The van der Waals surface area contributed by atoms with Gasteiger partial charge < -0.3 is 20.1 Å². The molecular formula is C16H22N2O3. The van der Waals surface area contributed by atoms with E-state index in [1.807, 2.05) is 24.3 Å². The van der Waals surface area contributed by atoms with Gasteiger partial charge in [-0.05, 0) is 31.4 Å². The summed E-state index contributed by atoms with van der Waals surface area (Å²) in [6.45, 7) is 2.66. The lowest BCUT2D eigenvalue weighted by atomic mass is 10.1. The highest BCUT2D eigenvalue weighted by molar-refractivity contribution is 5.97. The molecule has 5 heteroatoms. The molecule has 2 N–H and O–H groups in total.